The topological polar surface area (TPSA) is 43.1 Å². The highest BCUT2D eigenvalue weighted by molar-refractivity contribution is 9.10. The number of halogens is 1. The second kappa shape index (κ2) is 4.00. The van der Waals surface area contributed by atoms with E-state index in [1.165, 1.54) is 0 Å². The first kappa shape index (κ1) is 11.3. The molecule has 1 unspecified atom stereocenters. The number of rotatable bonds is 4. The van der Waals surface area contributed by atoms with Crippen molar-refractivity contribution in [2.24, 2.45) is 11.7 Å². The minimum Gasteiger partial charge on any atom is -0.319 e. The van der Waals surface area contributed by atoms with Crippen molar-refractivity contribution in [3.8, 4) is 0 Å². The second-order valence-electron chi connectivity index (χ2n) is 4.39. The summed E-state index contributed by atoms with van der Waals surface area (Å²) < 4.78 is 1.04. The molecule has 15 heavy (non-hydrogen) atoms. The highest BCUT2D eigenvalue weighted by Gasteiger charge is 2.43. The van der Waals surface area contributed by atoms with Gasteiger partial charge in [0.2, 0.25) is 0 Å². The van der Waals surface area contributed by atoms with Gasteiger partial charge in [-0.15, -0.1) is 11.3 Å². The third-order valence-electron chi connectivity index (χ3n) is 2.98. The number of hydrogen-bond acceptors (Lipinski definition) is 3. The van der Waals surface area contributed by atoms with Crippen molar-refractivity contribution in [3.05, 3.63) is 20.8 Å². The molecule has 2 nitrogen and oxygen atoms in total. The zero-order valence-electron chi connectivity index (χ0n) is 8.63. The first-order chi connectivity index (χ1) is 7.00. The van der Waals surface area contributed by atoms with Gasteiger partial charge in [-0.3, -0.25) is 4.79 Å². The minimum atomic E-state index is -0.615. The summed E-state index contributed by atoms with van der Waals surface area (Å²) in [5.74, 6) is 0.577. The van der Waals surface area contributed by atoms with Crippen molar-refractivity contribution in [1.82, 2.24) is 0 Å². The molecule has 1 fully saturated rings. The summed E-state index contributed by atoms with van der Waals surface area (Å²) >= 11 is 4.98. The van der Waals surface area contributed by atoms with Crippen molar-refractivity contribution >= 4 is 33.0 Å². The molecular weight excluding hydrogens is 274 g/mol. The molecule has 0 spiro atoms. The van der Waals surface area contributed by atoms with Crippen LogP contribution in [0, 0.1) is 5.92 Å². The maximum Gasteiger partial charge on any atom is 0.157 e. The van der Waals surface area contributed by atoms with E-state index in [9.17, 15) is 4.79 Å². The zero-order chi connectivity index (χ0) is 11.1. The van der Waals surface area contributed by atoms with Gasteiger partial charge in [0.25, 0.3) is 0 Å². The van der Waals surface area contributed by atoms with E-state index in [1.807, 2.05) is 18.4 Å². The van der Waals surface area contributed by atoms with Gasteiger partial charge in [-0.2, -0.15) is 0 Å². The van der Waals surface area contributed by atoms with E-state index in [1.54, 1.807) is 11.3 Å². The van der Waals surface area contributed by atoms with Crippen molar-refractivity contribution < 1.29 is 4.79 Å². The third-order valence-corrected chi connectivity index (χ3v) is 4.68. The lowest BCUT2D eigenvalue weighted by Crippen LogP contribution is -2.47. The monoisotopic (exact) mass is 287 g/mol. The molecule has 1 saturated carbocycles. The minimum absolute atomic E-state index is 0.166. The highest BCUT2D eigenvalue weighted by atomic mass is 79.9. The number of carbonyl (C=O) groups is 1. The fourth-order valence-corrected chi connectivity index (χ4v) is 3.16. The Kier molecular flexibility index (Phi) is 3.01. The first-order valence-corrected chi connectivity index (χ1v) is 6.72. The lowest BCUT2D eigenvalue weighted by atomic mass is 9.90. The van der Waals surface area contributed by atoms with E-state index in [0.717, 1.165) is 22.2 Å². The van der Waals surface area contributed by atoms with Gasteiger partial charge in [0.05, 0.1) is 5.54 Å². The van der Waals surface area contributed by atoms with Gasteiger partial charge in [-0.1, -0.05) is 0 Å². The van der Waals surface area contributed by atoms with E-state index in [0.29, 0.717) is 12.3 Å². The Hall–Kier alpha value is -0.190. The van der Waals surface area contributed by atoms with Crippen LogP contribution < -0.4 is 5.73 Å². The van der Waals surface area contributed by atoms with Gasteiger partial charge in [-0.05, 0) is 47.7 Å². The Morgan fingerprint density at radius 3 is 2.87 bits per heavy atom. The number of Topliss-reactive ketones (excluding diaryl/α,β-unsaturated/α-hetero) is 1. The average Bonchev–Trinajstić information content (AvgIpc) is 2.92. The van der Waals surface area contributed by atoms with Crippen molar-refractivity contribution in [2.75, 3.05) is 0 Å². The van der Waals surface area contributed by atoms with E-state index in [4.69, 9.17) is 5.73 Å². The van der Waals surface area contributed by atoms with Crippen LogP contribution in [0.25, 0.3) is 0 Å². The van der Waals surface area contributed by atoms with Crippen molar-refractivity contribution in [2.45, 2.75) is 31.7 Å². The summed E-state index contributed by atoms with van der Waals surface area (Å²) in [5.41, 5.74) is 5.45. The molecule has 1 aliphatic rings. The predicted octanol–water partition coefficient (Wildman–Crippen LogP) is 2.75. The van der Waals surface area contributed by atoms with Crippen LogP contribution >= 0.6 is 27.3 Å². The van der Waals surface area contributed by atoms with Crippen LogP contribution in [0.5, 0.6) is 0 Å². The molecule has 0 amide bonds. The molecule has 1 atom stereocenters. The van der Waals surface area contributed by atoms with Crippen molar-refractivity contribution in [1.29, 1.82) is 0 Å². The fourth-order valence-electron chi connectivity index (χ4n) is 1.71. The second-order valence-corrected chi connectivity index (χ2v) is 6.30. The van der Waals surface area contributed by atoms with Crippen LogP contribution in [0.2, 0.25) is 0 Å². The number of nitrogens with two attached hydrogens (primary N) is 1. The molecule has 82 valence electrons. The number of thiophene rings is 1. The molecule has 4 heteroatoms. The Balaban J connectivity index is 2.03. The van der Waals surface area contributed by atoms with Crippen LogP contribution in [0.1, 0.15) is 24.6 Å². The summed E-state index contributed by atoms with van der Waals surface area (Å²) in [5, 5.41) is 1.99. The fraction of sp³-hybridized carbons (Fsp3) is 0.545. The molecule has 1 aromatic heterocycles. The summed E-state index contributed by atoms with van der Waals surface area (Å²) in [6, 6.07) is 1.99. The van der Waals surface area contributed by atoms with Crippen LogP contribution in [0.15, 0.2) is 15.9 Å². The molecule has 2 rings (SSSR count). The molecular formula is C11H14BrNOS. The molecule has 0 bridgehead atoms. The maximum atomic E-state index is 12.0. The molecule has 0 aliphatic heterocycles. The van der Waals surface area contributed by atoms with Crippen LogP contribution in [-0.4, -0.2) is 11.3 Å². The van der Waals surface area contributed by atoms with Crippen molar-refractivity contribution in [3.63, 3.8) is 0 Å². The summed E-state index contributed by atoms with van der Waals surface area (Å²) in [7, 11) is 0. The van der Waals surface area contributed by atoms with Crippen LogP contribution in [0.3, 0.4) is 0 Å². The number of hydrogen-bond donors (Lipinski definition) is 1. The standard InChI is InChI=1S/C11H14BrNOS/c1-11(13,7-2-3-7)10(14)5-9-4-8(12)6-15-9/h4,6-7H,2-3,5,13H2,1H3. The Labute approximate surface area is 102 Å². The van der Waals surface area contributed by atoms with Gasteiger partial charge >= 0.3 is 0 Å². The predicted molar refractivity (Wildman–Crippen MR) is 66.0 cm³/mol. The maximum absolute atomic E-state index is 12.0. The van der Waals surface area contributed by atoms with E-state index in [-0.39, 0.29) is 5.78 Å². The number of ketones is 1. The SMILES string of the molecule is CC(N)(C(=O)Cc1cc(Br)cs1)C1CC1. The zero-order valence-corrected chi connectivity index (χ0v) is 11.0. The van der Waals surface area contributed by atoms with Crippen LogP contribution in [0.4, 0.5) is 0 Å². The quantitative estimate of drug-likeness (QED) is 0.925. The van der Waals surface area contributed by atoms with E-state index in [2.05, 4.69) is 15.9 Å². The van der Waals surface area contributed by atoms with E-state index >= 15 is 0 Å². The largest absolute Gasteiger partial charge is 0.319 e. The van der Waals surface area contributed by atoms with Gasteiger partial charge in [0.1, 0.15) is 0 Å². The normalized spacial score (nSPS) is 19.9. The van der Waals surface area contributed by atoms with Gasteiger partial charge in [-0.25, -0.2) is 0 Å². The third kappa shape index (κ3) is 2.49. The Bertz CT molecular complexity index is 382. The first-order valence-electron chi connectivity index (χ1n) is 5.05. The number of carbonyl (C=O) groups excluding carboxylic acids is 1. The summed E-state index contributed by atoms with van der Waals surface area (Å²) in [4.78, 5) is 13.1. The van der Waals surface area contributed by atoms with Crippen LogP contribution in [-0.2, 0) is 11.2 Å². The van der Waals surface area contributed by atoms with Gasteiger partial charge in [0, 0.05) is 21.2 Å². The lowest BCUT2D eigenvalue weighted by molar-refractivity contribution is -0.123. The van der Waals surface area contributed by atoms with Gasteiger partial charge < -0.3 is 5.73 Å². The molecule has 1 aliphatic carbocycles. The molecule has 1 aromatic rings. The smallest absolute Gasteiger partial charge is 0.157 e. The molecule has 1 heterocycles. The van der Waals surface area contributed by atoms with E-state index < -0.39 is 5.54 Å². The van der Waals surface area contributed by atoms with Gasteiger partial charge in [0.15, 0.2) is 5.78 Å². The molecule has 0 aromatic carbocycles. The Morgan fingerprint density at radius 2 is 2.40 bits per heavy atom. The summed E-state index contributed by atoms with van der Waals surface area (Å²) in [6.07, 6.45) is 2.68. The highest BCUT2D eigenvalue weighted by Crippen LogP contribution is 2.39. The molecule has 2 N–H and O–H groups in total. The lowest BCUT2D eigenvalue weighted by Gasteiger charge is -2.22. The average molecular weight is 288 g/mol. The molecule has 0 radical (unpaired) electrons. The molecule has 0 saturated heterocycles. The Morgan fingerprint density at radius 1 is 1.73 bits per heavy atom. The summed E-state index contributed by atoms with van der Waals surface area (Å²) in [6.45, 7) is 1.87.